The molecule has 0 radical (unpaired) electrons. The van der Waals surface area contributed by atoms with Crippen molar-refractivity contribution in [2.24, 2.45) is 0 Å². The van der Waals surface area contributed by atoms with Crippen molar-refractivity contribution < 1.29 is 53.5 Å². The van der Waals surface area contributed by atoms with Crippen molar-refractivity contribution in [3.05, 3.63) is 0 Å². The van der Waals surface area contributed by atoms with Crippen LogP contribution in [0, 0.1) is 0 Å². The topological polar surface area (TPSA) is 0 Å². The fraction of sp³-hybridized carbons (Fsp3) is 0. The minimum absolute atomic E-state index is 0. The average molecular weight is 459 g/mol. The van der Waals surface area contributed by atoms with Crippen LogP contribution in [-0.2, 0) is 53.5 Å². The van der Waals surface area contributed by atoms with E-state index in [-0.39, 0.29) is 101 Å². The second-order valence-corrected chi connectivity index (χ2v) is 0. The zero-order valence-electron chi connectivity index (χ0n) is 2.02. The molecule has 0 amide bonds. The van der Waals surface area contributed by atoms with Gasteiger partial charge >= 0.3 is 26.2 Å². The summed E-state index contributed by atoms with van der Waals surface area (Å²) in [7, 11) is 0. The quantitative estimate of drug-likeness (QED) is 0.419. The summed E-state index contributed by atoms with van der Waals surface area (Å²) in [5.74, 6) is 0. The Balaban J connectivity index is 0. The van der Waals surface area contributed by atoms with Gasteiger partial charge in [0.05, 0.1) is 0 Å². The zero-order valence-corrected chi connectivity index (χ0v) is 13.2. The molecule has 0 nitrogen and oxygen atoms in total. The van der Waals surface area contributed by atoms with Crippen LogP contribution in [0.3, 0.4) is 0 Å². The van der Waals surface area contributed by atoms with Crippen LogP contribution in [0.1, 0.15) is 0 Å². The van der Waals surface area contributed by atoms with E-state index in [1.54, 1.807) is 0 Å². The van der Waals surface area contributed by atoms with Gasteiger partial charge in [0.15, 0.2) is 0 Å². The van der Waals surface area contributed by atoms with Gasteiger partial charge in [-0.2, -0.15) is 0 Å². The molecule has 0 N–H and O–H groups in total. The molecule has 0 aromatic rings. The van der Waals surface area contributed by atoms with Crippen LogP contribution in [0.5, 0.6) is 0 Å². The first-order chi connectivity index (χ1) is 0. The van der Waals surface area contributed by atoms with Crippen molar-refractivity contribution in [1.82, 2.24) is 0 Å². The van der Waals surface area contributed by atoms with Gasteiger partial charge in [-0.3, -0.25) is 0 Å². The normalized spacial score (nSPS) is 0. The molecule has 0 saturated carbocycles. The molecule has 0 aliphatic rings. The number of hydrogen-bond acceptors (Lipinski definition) is 0. The van der Waals surface area contributed by atoms with Gasteiger partial charge < -0.3 is 47.3 Å². The maximum Gasteiger partial charge on any atom is 4.00 e. The Bertz CT molecular complexity index is 6.00. The Labute approximate surface area is 98.6 Å². The Morgan fingerprint density at radius 2 is 0.750 bits per heavy atom. The largest absolute Gasteiger partial charge is 4.00 e. The Kier molecular flexibility index (Phi) is 106. The molecule has 0 aliphatic carbocycles. The Morgan fingerprint density at radius 1 is 0.750 bits per heavy atom. The molecule has 0 aromatic heterocycles. The van der Waals surface area contributed by atoms with Crippen molar-refractivity contribution in [3.63, 3.8) is 0 Å². The molecule has 0 fully saturated rings. The molecule has 4 heavy (non-hydrogen) atoms. The zero-order chi connectivity index (χ0) is 0. The van der Waals surface area contributed by atoms with Crippen LogP contribution in [0.15, 0.2) is 0 Å². The molecule has 0 rings (SSSR count). The summed E-state index contributed by atoms with van der Waals surface area (Å²) in [5.41, 5.74) is 0. The van der Waals surface area contributed by atoms with Crippen LogP contribution >= 0.6 is 0 Å². The van der Waals surface area contributed by atoms with Gasteiger partial charge in [-0.15, -0.1) is 0 Å². The maximum atomic E-state index is 0. The molecule has 0 aromatic carbocycles. The monoisotopic (exact) mass is 464 g/mol. The van der Waals surface area contributed by atoms with Gasteiger partial charge in [-0.25, -0.2) is 0 Å². The third kappa shape index (κ3) is 9.04. The smallest absolute Gasteiger partial charge is 2.00 e. The van der Waals surface area contributed by atoms with Crippen LogP contribution in [0.2, 0.25) is 0 Å². The van der Waals surface area contributed by atoms with Crippen molar-refractivity contribution in [1.29, 1.82) is 0 Å². The average Bonchev–Trinajstić information content (AvgIpc) is 0. The molecule has 0 unspecified atom stereocenters. The van der Waals surface area contributed by atoms with E-state index in [4.69, 9.17) is 0 Å². The van der Waals surface area contributed by atoms with Crippen molar-refractivity contribution in [2.75, 3.05) is 0 Å². The second-order valence-electron chi connectivity index (χ2n) is 0. The van der Waals surface area contributed by atoms with Crippen LogP contribution < -0.4 is 0 Å². The summed E-state index contributed by atoms with van der Waals surface area (Å²) < 4.78 is 0. The molecule has 0 bridgehead atoms. The number of hydrogen-bond donors (Lipinski definition) is 0. The van der Waals surface area contributed by atoms with Crippen molar-refractivity contribution in [3.8, 4) is 0 Å². The summed E-state index contributed by atoms with van der Waals surface area (Å²) in [6.45, 7) is 0. The number of rotatable bonds is 0. The van der Waals surface area contributed by atoms with E-state index >= 15 is 0 Å². The van der Waals surface area contributed by atoms with Crippen molar-refractivity contribution >= 4 is 47.3 Å². The molecule has 4 heteroatoms. The van der Waals surface area contributed by atoms with E-state index in [0.29, 0.717) is 0 Å². The molecule has 0 atom stereocenters. The van der Waals surface area contributed by atoms with Gasteiger partial charge in [-0.05, 0) is 0 Å². The first-order valence-electron chi connectivity index (χ1n) is 0. The standard InChI is InChI=1S/Cd.2Te.Zr/q;2*-2;+4. The third-order valence-corrected chi connectivity index (χ3v) is 0. The molecular weight excluding hydrogens is 459 g/mol. The SMILES string of the molecule is [Cd].[Te-2].[Te-2].[Zr+4]. The van der Waals surface area contributed by atoms with E-state index in [0.717, 1.165) is 0 Å². The van der Waals surface area contributed by atoms with Gasteiger partial charge in [0.25, 0.3) is 0 Å². The van der Waals surface area contributed by atoms with Crippen LogP contribution in [0.25, 0.3) is 0 Å². The Hall–Kier alpha value is 3.38. The van der Waals surface area contributed by atoms with E-state index < -0.39 is 0 Å². The summed E-state index contributed by atoms with van der Waals surface area (Å²) in [4.78, 5) is 0. The van der Waals surface area contributed by atoms with Crippen molar-refractivity contribution in [2.45, 2.75) is 0 Å². The first kappa shape index (κ1) is 26.3. The maximum absolute atomic E-state index is 0. The fourth-order valence-electron chi connectivity index (χ4n) is 0. The van der Waals surface area contributed by atoms with Gasteiger partial charge in [0, 0.05) is 27.3 Å². The molecular formula is CdTe2Zr. The third-order valence-electron chi connectivity index (χ3n) is 0. The molecule has 18 valence electrons. The van der Waals surface area contributed by atoms with Gasteiger partial charge in [-0.1, -0.05) is 0 Å². The summed E-state index contributed by atoms with van der Waals surface area (Å²) >= 11 is 0. The van der Waals surface area contributed by atoms with Crippen LogP contribution in [-0.4, -0.2) is 47.3 Å². The predicted octanol–water partition coefficient (Wildman–Crippen LogP) is -0.767. The van der Waals surface area contributed by atoms with E-state index in [9.17, 15) is 0 Å². The molecule has 0 saturated heterocycles. The molecule has 0 heterocycles. The first-order valence-corrected chi connectivity index (χ1v) is 0. The van der Waals surface area contributed by atoms with E-state index in [1.165, 1.54) is 0 Å². The molecule has 0 aliphatic heterocycles. The summed E-state index contributed by atoms with van der Waals surface area (Å²) in [6.07, 6.45) is 0. The summed E-state index contributed by atoms with van der Waals surface area (Å²) in [5, 5.41) is 0. The minimum atomic E-state index is 0. The van der Waals surface area contributed by atoms with E-state index in [1.807, 2.05) is 0 Å². The molecule has 0 spiro atoms. The summed E-state index contributed by atoms with van der Waals surface area (Å²) in [6, 6.07) is 0. The van der Waals surface area contributed by atoms with Crippen LogP contribution in [0.4, 0.5) is 0 Å². The van der Waals surface area contributed by atoms with Gasteiger partial charge in [0.1, 0.15) is 0 Å². The van der Waals surface area contributed by atoms with Gasteiger partial charge in [0.2, 0.25) is 0 Å². The fourth-order valence-corrected chi connectivity index (χ4v) is 0. The van der Waals surface area contributed by atoms with E-state index in [2.05, 4.69) is 0 Å². The Morgan fingerprint density at radius 3 is 0.750 bits per heavy atom. The second kappa shape index (κ2) is 16.2. The predicted molar refractivity (Wildman–Crippen MR) is 11.5 cm³/mol. The minimum Gasteiger partial charge on any atom is -2.00 e.